The summed E-state index contributed by atoms with van der Waals surface area (Å²) in [4.78, 5) is 50.4. The number of hydrogen-bond donors (Lipinski definition) is 1. The van der Waals surface area contributed by atoms with E-state index in [4.69, 9.17) is 4.74 Å². The molecule has 0 bridgehead atoms. The van der Waals surface area contributed by atoms with Gasteiger partial charge in [-0.15, -0.1) is 0 Å². The third-order valence-corrected chi connectivity index (χ3v) is 5.68. The van der Waals surface area contributed by atoms with Gasteiger partial charge in [-0.25, -0.2) is 4.98 Å². The summed E-state index contributed by atoms with van der Waals surface area (Å²) in [5.41, 5.74) is 1.05. The second-order valence-corrected chi connectivity index (χ2v) is 8.41. The third kappa shape index (κ3) is 5.59. The second kappa shape index (κ2) is 10.1. The van der Waals surface area contributed by atoms with E-state index in [9.17, 15) is 14.4 Å². The second-order valence-electron chi connectivity index (χ2n) is 8.41. The number of carbonyl (C=O) groups excluding carboxylic acids is 2. The number of amides is 2. The molecule has 3 heterocycles. The standard InChI is InChI=1S/C21H33N5O4/c1-15(2)14-19(28)25-8-6-24(7-9-25)18(27)5-4-17-16(3)22-21(23-20(17)29)26-10-12-30-13-11-26/h15H,4-14H2,1-3H3,(H,22,23,29). The minimum atomic E-state index is -0.180. The molecule has 0 aliphatic carbocycles. The molecule has 1 N–H and O–H groups in total. The number of rotatable bonds is 6. The molecular formula is C21H33N5O4. The van der Waals surface area contributed by atoms with E-state index in [0.717, 1.165) is 0 Å². The fourth-order valence-corrected chi connectivity index (χ4v) is 3.89. The molecule has 2 aliphatic rings. The van der Waals surface area contributed by atoms with E-state index >= 15 is 0 Å². The molecule has 9 heteroatoms. The van der Waals surface area contributed by atoms with E-state index < -0.39 is 0 Å². The SMILES string of the molecule is Cc1nc(N2CCOCC2)[nH]c(=O)c1CCC(=O)N1CCN(C(=O)CC(C)C)CC1. The van der Waals surface area contributed by atoms with Crippen molar-refractivity contribution in [2.24, 2.45) is 5.92 Å². The summed E-state index contributed by atoms with van der Waals surface area (Å²) in [6, 6.07) is 0. The van der Waals surface area contributed by atoms with Gasteiger partial charge in [0.15, 0.2) is 0 Å². The van der Waals surface area contributed by atoms with Crippen LogP contribution in [0.25, 0.3) is 0 Å². The largest absolute Gasteiger partial charge is 0.378 e. The molecule has 1 aromatic rings. The highest BCUT2D eigenvalue weighted by molar-refractivity contribution is 5.78. The number of anilines is 1. The zero-order valence-corrected chi connectivity index (χ0v) is 18.3. The number of aryl methyl sites for hydroxylation is 1. The summed E-state index contributed by atoms with van der Waals surface area (Å²) in [7, 11) is 0. The summed E-state index contributed by atoms with van der Waals surface area (Å²) in [5, 5.41) is 0. The lowest BCUT2D eigenvalue weighted by molar-refractivity contribution is -0.140. The molecule has 0 spiro atoms. The number of nitrogens with zero attached hydrogens (tertiary/aromatic N) is 4. The molecule has 2 saturated heterocycles. The Kier molecular flexibility index (Phi) is 7.47. The minimum Gasteiger partial charge on any atom is -0.378 e. The van der Waals surface area contributed by atoms with Crippen molar-refractivity contribution in [3.63, 3.8) is 0 Å². The van der Waals surface area contributed by atoms with Gasteiger partial charge < -0.3 is 19.4 Å². The lowest BCUT2D eigenvalue weighted by atomic mass is 10.1. The number of morpholine rings is 1. The fourth-order valence-electron chi connectivity index (χ4n) is 3.89. The van der Waals surface area contributed by atoms with Gasteiger partial charge in [-0.1, -0.05) is 13.8 Å². The predicted molar refractivity (Wildman–Crippen MR) is 114 cm³/mol. The van der Waals surface area contributed by atoms with Crippen molar-refractivity contribution >= 4 is 17.8 Å². The van der Waals surface area contributed by atoms with Crippen molar-refractivity contribution in [3.8, 4) is 0 Å². The van der Waals surface area contributed by atoms with Gasteiger partial charge in [0.05, 0.1) is 13.2 Å². The summed E-state index contributed by atoms with van der Waals surface area (Å²) in [5.74, 6) is 1.08. The lowest BCUT2D eigenvalue weighted by Crippen LogP contribution is -2.50. The van der Waals surface area contributed by atoms with E-state index in [0.29, 0.717) is 88.4 Å². The Bertz CT molecular complexity index is 808. The molecule has 0 unspecified atom stereocenters. The molecule has 0 saturated carbocycles. The molecule has 1 aromatic heterocycles. The molecule has 9 nitrogen and oxygen atoms in total. The van der Waals surface area contributed by atoms with Crippen LogP contribution in [-0.2, 0) is 20.7 Å². The Morgan fingerprint density at radius 2 is 1.63 bits per heavy atom. The van der Waals surface area contributed by atoms with Crippen LogP contribution in [0.3, 0.4) is 0 Å². The van der Waals surface area contributed by atoms with Crippen LogP contribution in [0.1, 0.15) is 37.9 Å². The zero-order valence-electron chi connectivity index (χ0n) is 18.3. The lowest BCUT2D eigenvalue weighted by Gasteiger charge is -2.35. The maximum Gasteiger partial charge on any atom is 0.255 e. The van der Waals surface area contributed by atoms with Crippen LogP contribution in [0.4, 0.5) is 5.95 Å². The Morgan fingerprint density at radius 1 is 1.03 bits per heavy atom. The first-order valence-electron chi connectivity index (χ1n) is 10.8. The van der Waals surface area contributed by atoms with E-state index in [2.05, 4.69) is 9.97 Å². The van der Waals surface area contributed by atoms with Crippen LogP contribution in [0.2, 0.25) is 0 Å². The molecule has 30 heavy (non-hydrogen) atoms. The number of piperazine rings is 1. The van der Waals surface area contributed by atoms with Gasteiger partial charge in [0, 0.05) is 63.4 Å². The zero-order chi connectivity index (χ0) is 21.7. The van der Waals surface area contributed by atoms with Crippen molar-refractivity contribution in [1.82, 2.24) is 19.8 Å². The van der Waals surface area contributed by atoms with Crippen LogP contribution in [0.15, 0.2) is 4.79 Å². The predicted octanol–water partition coefficient (Wildman–Crippen LogP) is 0.564. The number of aromatic amines is 1. The highest BCUT2D eigenvalue weighted by Crippen LogP contribution is 2.13. The summed E-state index contributed by atoms with van der Waals surface area (Å²) in [6.07, 6.45) is 1.18. The quantitative estimate of drug-likeness (QED) is 0.724. The number of aromatic nitrogens is 2. The van der Waals surface area contributed by atoms with Crippen molar-refractivity contribution in [2.45, 2.75) is 40.0 Å². The monoisotopic (exact) mass is 419 g/mol. The van der Waals surface area contributed by atoms with Gasteiger partial charge in [-0.2, -0.15) is 0 Å². The van der Waals surface area contributed by atoms with Gasteiger partial charge in [-0.05, 0) is 19.3 Å². The fraction of sp³-hybridized carbons (Fsp3) is 0.714. The van der Waals surface area contributed by atoms with E-state index in [-0.39, 0.29) is 23.8 Å². The highest BCUT2D eigenvalue weighted by atomic mass is 16.5. The first-order valence-corrected chi connectivity index (χ1v) is 10.8. The minimum absolute atomic E-state index is 0.0158. The Labute approximate surface area is 177 Å². The Morgan fingerprint density at radius 3 is 2.20 bits per heavy atom. The normalized spacial score (nSPS) is 17.5. The van der Waals surface area contributed by atoms with Crippen LogP contribution in [-0.4, -0.2) is 84.1 Å². The summed E-state index contributed by atoms with van der Waals surface area (Å²) < 4.78 is 5.34. The average molecular weight is 420 g/mol. The number of carbonyl (C=O) groups is 2. The van der Waals surface area contributed by atoms with Crippen LogP contribution in [0, 0.1) is 12.8 Å². The first-order chi connectivity index (χ1) is 14.3. The molecule has 0 atom stereocenters. The molecule has 166 valence electrons. The Balaban J connectivity index is 1.52. The van der Waals surface area contributed by atoms with Crippen molar-refractivity contribution < 1.29 is 14.3 Å². The van der Waals surface area contributed by atoms with Crippen LogP contribution in [0.5, 0.6) is 0 Å². The van der Waals surface area contributed by atoms with Gasteiger partial charge in [-0.3, -0.25) is 19.4 Å². The van der Waals surface area contributed by atoms with E-state index in [1.54, 1.807) is 4.90 Å². The number of nitrogens with one attached hydrogen (secondary N) is 1. The molecule has 3 rings (SSSR count). The Hall–Kier alpha value is -2.42. The topological polar surface area (TPSA) is 98.8 Å². The maximum atomic E-state index is 12.6. The van der Waals surface area contributed by atoms with E-state index in [1.807, 2.05) is 30.6 Å². The summed E-state index contributed by atoms with van der Waals surface area (Å²) in [6.45, 7) is 10.8. The number of ether oxygens (including phenoxy) is 1. The van der Waals surface area contributed by atoms with Gasteiger partial charge in [0.25, 0.3) is 5.56 Å². The molecule has 0 aromatic carbocycles. The highest BCUT2D eigenvalue weighted by Gasteiger charge is 2.25. The molecule has 2 fully saturated rings. The van der Waals surface area contributed by atoms with Gasteiger partial charge >= 0.3 is 0 Å². The van der Waals surface area contributed by atoms with Crippen molar-refractivity contribution in [2.75, 3.05) is 57.4 Å². The van der Waals surface area contributed by atoms with Crippen LogP contribution < -0.4 is 10.5 Å². The molecular weight excluding hydrogens is 386 g/mol. The van der Waals surface area contributed by atoms with Gasteiger partial charge in [0.1, 0.15) is 0 Å². The average Bonchev–Trinajstić information content (AvgIpc) is 2.73. The van der Waals surface area contributed by atoms with Gasteiger partial charge in [0.2, 0.25) is 17.8 Å². The maximum absolute atomic E-state index is 12.6. The van der Waals surface area contributed by atoms with Crippen molar-refractivity contribution in [3.05, 3.63) is 21.6 Å². The number of hydrogen-bond acceptors (Lipinski definition) is 6. The van der Waals surface area contributed by atoms with E-state index in [1.165, 1.54) is 0 Å². The van der Waals surface area contributed by atoms with Crippen molar-refractivity contribution in [1.29, 1.82) is 0 Å². The molecule has 2 amide bonds. The summed E-state index contributed by atoms with van der Waals surface area (Å²) >= 11 is 0. The smallest absolute Gasteiger partial charge is 0.255 e. The molecule has 0 radical (unpaired) electrons. The van der Waals surface area contributed by atoms with Crippen LogP contribution >= 0.6 is 0 Å². The third-order valence-electron chi connectivity index (χ3n) is 5.68. The molecule has 2 aliphatic heterocycles. The first kappa shape index (κ1) is 22.3. The number of H-pyrrole nitrogens is 1.